The van der Waals surface area contributed by atoms with Crippen LogP contribution in [-0.2, 0) is 16.0 Å². The molecule has 5 heteroatoms. The second-order valence-electron chi connectivity index (χ2n) is 3.85. The molecule has 0 saturated carbocycles. The summed E-state index contributed by atoms with van der Waals surface area (Å²) in [5.74, 6) is -0.776. The van der Waals surface area contributed by atoms with Crippen molar-refractivity contribution in [2.24, 2.45) is 0 Å². The number of carbonyl (C=O) groups excluding carboxylic acids is 1. The Labute approximate surface area is 104 Å². The number of nitrogens with zero attached hydrogens (tertiary/aromatic N) is 1. The molecule has 0 radical (unpaired) electrons. The highest BCUT2D eigenvalue weighted by Gasteiger charge is 2.18. The van der Waals surface area contributed by atoms with Crippen molar-refractivity contribution in [1.29, 1.82) is 5.26 Å². The smallest absolute Gasteiger partial charge is 0.336 e. The first-order chi connectivity index (χ1) is 8.72. The summed E-state index contributed by atoms with van der Waals surface area (Å²) in [7, 11) is 0. The third-order valence-electron chi connectivity index (χ3n) is 2.64. The van der Waals surface area contributed by atoms with Crippen molar-refractivity contribution in [3.63, 3.8) is 0 Å². The normalized spacial score (nSPS) is 12.0. The van der Waals surface area contributed by atoms with Crippen LogP contribution in [0.1, 0.15) is 5.56 Å². The molecule has 5 nitrogen and oxygen atoms in total. The van der Waals surface area contributed by atoms with Crippen LogP contribution in [0.15, 0.2) is 30.5 Å². The number of fused-ring (bicyclic) bond motifs is 1. The molecule has 18 heavy (non-hydrogen) atoms. The number of hydrogen-bond acceptors (Lipinski definition) is 4. The Balaban J connectivity index is 2.09. The van der Waals surface area contributed by atoms with E-state index in [1.54, 1.807) is 12.3 Å². The first-order valence-corrected chi connectivity index (χ1v) is 5.49. The summed E-state index contributed by atoms with van der Waals surface area (Å²) in [6.45, 7) is -0.343. The number of aromatic nitrogens is 1. The molecule has 0 spiro atoms. The molecule has 2 aromatic rings. The SMILES string of the molecule is N#CCOC(=O)C(O)Cc1c[nH]c2ccccc12. The van der Waals surface area contributed by atoms with E-state index < -0.39 is 12.1 Å². The predicted octanol–water partition coefficient (Wildman–Crippen LogP) is 1.14. The van der Waals surface area contributed by atoms with E-state index in [1.165, 1.54) is 0 Å². The molecule has 0 bridgehead atoms. The van der Waals surface area contributed by atoms with Crippen LogP contribution in [0.3, 0.4) is 0 Å². The number of ether oxygens (including phenoxy) is 1. The van der Waals surface area contributed by atoms with E-state index in [4.69, 9.17) is 5.26 Å². The molecule has 0 aliphatic carbocycles. The van der Waals surface area contributed by atoms with E-state index in [0.29, 0.717) is 0 Å². The lowest BCUT2D eigenvalue weighted by Crippen LogP contribution is -2.25. The van der Waals surface area contributed by atoms with Crippen molar-refractivity contribution in [3.05, 3.63) is 36.0 Å². The summed E-state index contributed by atoms with van der Waals surface area (Å²) in [5.41, 5.74) is 1.79. The number of aliphatic hydroxyl groups excluding tert-OH is 1. The minimum Gasteiger partial charge on any atom is -0.448 e. The van der Waals surface area contributed by atoms with E-state index in [0.717, 1.165) is 16.5 Å². The standard InChI is InChI=1S/C13H12N2O3/c14-5-6-18-13(17)12(16)7-9-8-15-11-4-2-1-3-10(9)11/h1-4,8,12,15-16H,6-7H2. The summed E-state index contributed by atoms with van der Waals surface area (Å²) in [4.78, 5) is 14.4. The zero-order valence-corrected chi connectivity index (χ0v) is 9.59. The average Bonchev–Trinajstić information content (AvgIpc) is 2.79. The molecule has 1 heterocycles. The molecule has 92 valence electrons. The van der Waals surface area contributed by atoms with E-state index in [9.17, 15) is 9.90 Å². The van der Waals surface area contributed by atoms with E-state index in [-0.39, 0.29) is 13.0 Å². The molecule has 0 fully saturated rings. The van der Waals surface area contributed by atoms with Gasteiger partial charge >= 0.3 is 5.97 Å². The van der Waals surface area contributed by atoms with Gasteiger partial charge in [-0.05, 0) is 11.6 Å². The molecular weight excluding hydrogens is 232 g/mol. The summed E-state index contributed by atoms with van der Waals surface area (Å²) in [6.07, 6.45) is 0.664. The van der Waals surface area contributed by atoms with Crippen molar-refractivity contribution < 1.29 is 14.6 Å². The monoisotopic (exact) mass is 244 g/mol. The first kappa shape index (κ1) is 12.1. The van der Waals surface area contributed by atoms with Gasteiger partial charge in [0.1, 0.15) is 6.07 Å². The number of rotatable bonds is 4. The molecule has 1 atom stereocenters. The molecular formula is C13H12N2O3. The highest BCUT2D eigenvalue weighted by Crippen LogP contribution is 2.19. The number of hydrogen-bond donors (Lipinski definition) is 2. The van der Waals surface area contributed by atoms with Crippen LogP contribution in [0.25, 0.3) is 10.9 Å². The quantitative estimate of drug-likeness (QED) is 0.789. The molecule has 1 unspecified atom stereocenters. The Morgan fingerprint density at radius 2 is 2.28 bits per heavy atom. The fraction of sp³-hybridized carbons (Fsp3) is 0.231. The predicted molar refractivity (Wildman–Crippen MR) is 64.6 cm³/mol. The summed E-state index contributed by atoms with van der Waals surface area (Å²) in [5, 5.41) is 18.9. The minimum absolute atomic E-state index is 0.161. The number of nitriles is 1. The maximum Gasteiger partial charge on any atom is 0.336 e. The van der Waals surface area contributed by atoms with Gasteiger partial charge in [0.05, 0.1) is 0 Å². The van der Waals surface area contributed by atoms with Crippen LogP contribution < -0.4 is 0 Å². The highest BCUT2D eigenvalue weighted by molar-refractivity contribution is 5.84. The number of H-pyrrole nitrogens is 1. The number of carbonyl (C=O) groups is 1. The minimum atomic E-state index is -1.25. The Hall–Kier alpha value is -2.32. The Morgan fingerprint density at radius 3 is 3.06 bits per heavy atom. The molecule has 0 saturated heterocycles. The zero-order valence-electron chi connectivity index (χ0n) is 9.59. The highest BCUT2D eigenvalue weighted by atomic mass is 16.5. The molecule has 0 aliphatic heterocycles. The number of aliphatic hydroxyl groups is 1. The fourth-order valence-electron chi connectivity index (χ4n) is 1.79. The van der Waals surface area contributed by atoms with E-state index in [2.05, 4.69) is 9.72 Å². The lowest BCUT2D eigenvalue weighted by atomic mass is 10.1. The van der Waals surface area contributed by atoms with Gasteiger partial charge in [-0.1, -0.05) is 18.2 Å². The Bertz CT molecular complexity index is 598. The topological polar surface area (TPSA) is 86.1 Å². The number of aromatic amines is 1. The number of para-hydroxylation sites is 1. The first-order valence-electron chi connectivity index (χ1n) is 5.49. The van der Waals surface area contributed by atoms with Crippen molar-refractivity contribution in [3.8, 4) is 6.07 Å². The van der Waals surface area contributed by atoms with Gasteiger partial charge in [-0.25, -0.2) is 4.79 Å². The molecule has 1 aromatic heterocycles. The molecule has 0 amide bonds. The van der Waals surface area contributed by atoms with Crippen molar-refractivity contribution >= 4 is 16.9 Å². The molecule has 2 N–H and O–H groups in total. The van der Waals surface area contributed by atoms with Crippen LogP contribution in [0, 0.1) is 11.3 Å². The van der Waals surface area contributed by atoms with Crippen molar-refractivity contribution in [2.45, 2.75) is 12.5 Å². The van der Waals surface area contributed by atoms with E-state index in [1.807, 2.05) is 24.3 Å². The second kappa shape index (κ2) is 5.34. The summed E-state index contributed by atoms with van der Waals surface area (Å²) in [6, 6.07) is 9.30. The zero-order chi connectivity index (χ0) is 13.0. The summed E-state index contributed by atoms with van der Waals surface area (Å²) < 4.78 is 4.55. The molecule has 2 rings (SSSR count). The van der Waals surface area contributed by atoms with Gasteiger partial charge in [-0.3, -0.25) is 0 Å². The lowest BCUT2D eigenvalue weighted by Gasteiger charge is -2.07. The van der Waals surface area contributed by atoms with Crippen molar-refractivity contribution in [1.82, 2.24) is 4.98 Å². The van der Waals surface area contributed by atoms with Gasteiger partial charge in [-0.15, -0.1) is 0 Å². The molecule has 0 aliphatic rings. The van der Waals surface area contributed by atoms with Gasteiger partial charge < -0.3 is 14.8 Å². The second-order valence-corrected chi connectivity index (χ2v) is 3.85. The number of esters is 1. The van der Waals surface area contributed by atoms with Crippen LogP contribution >= 0.6 is 0 Å². The Morgan fingerprint density at radius 1 is 1.50 bits per heavy atom. The fourth-order valence-corrected chi connectivity index (χ4v) is 1.79. The number of nitrogens with one attached hydrogen (secondary N) is 1. The van der Waals surface area contributed by atoms with Gasteiger partial charge in [0.25, 0.3) is 0 Å². The maximum absolute atomic E-state index is 11.3. The van der Waals surface area contributed by atoms with E-state index >= 15 is 0 Å². The van der Waals surface area contributed by atoms with Gasteiger partial charge in [0, 0.05) is 23.5 Å². The maximum atomic E-state index is 11.3. The van der Waals surface area contributed by atoms with Gasteiger partial charge in [0.2, 0.25) is 0 Å². The average molecular weight is 244 g/mol. The molecule has 1 aromatic carbocycles. The van der Waals surface area contributed by atoms with Gasteiger partial charge in [0.15, 0.2) is 12.7 Å². The lowest BCUT2D eigenvalue weighted by molar-refractivity contribution is -0.151. The van der Waals surface area contributed by atoms with Crippen LogP contribution in [0.4, 0.5) is 0 Å². The number of benzene rings is 1. The van der Waals surface area contributed by atoms with Crippen LogP contribution in [0.2, 0.25) is 0 Å². The largest absolute Gasteiger partial charge is 0.448 e. The third kappa shape index (κ3) is 2.50. The third-order valence-corrected chi connectivity index (χ3v) is 2.64. The Kier molecular flexibility index (Phi) is 3.60. The van der Waals surface area contributed by atoms with Gasteiger partial charge in [-0.2, -0.15) is 5.26 Å². The van der Waals surface area contributed by atoms with Crippen LogP contribution in [-0.4, -0.2) is 28.8 Å². The van der Waals surface area contributed by atoms with Crippen molar-refractivity contribution in [2.75, 3.05) is 6.61 Å². The summed E-state index contributed by atoms with van der Waals surface area (Å²) >= 11 is 0. The van der Waals surface area contributed by atoms with Crippen LogP contribution in [0.5, 0.6) is 0 Å².